The third-order valence-corrected chi connectivity index (χ3v) is 2.17. The van der Waals surface area contributed by atoms with Gasteiger partial charge in [0, 0.05) is 31.5 Å². The van der Waals surface area contributed by atoms with Gasteiger partial charge in [-0.1, -0.05) is 0 Å². The van der Waals surface area contributed by atoms with Crippen molar-refractivity contribution in [2.75, 3.05) is 19.6 Å². The van der Waals surface area contributed by atoms with Gasteiger partial charge in [0.2, 0.25) is 0 Å². The molecule has 1 fully saturated rings. The lowest BCUT2D eigenvalue weighted by atomic mass is 10.2. The van der Waals surface area contributed by atoms with E-state index in [0.29, 0.717) is 0 Å². The van der Waals surface area contributed by atoms with E-state index in [1.54, 1.807) is 0 Å². The van der Waals surface area contributed by atoms with Crippen LogP contribution in [0.1, 0.15) is 17.6 Å². The zero-order chi connectivity index (χ0) is 9.10. The number of piperazine rings is 1. The van der Waals surface area contributed by atoms with Gasteiger partial charge in [-0.15, -0.1) is 0 Å². The maximum atomic E-state index is 4.38. The van der Waals surface area contributed by atoms with Crippen molar-refractivity contribution in [3.05, 3.63) is 23.8 Å². The number of aromatic nitrogens is 2. The molecule has 0 bridgehead atoms. The van der Waals surface area contributed by atoms with Gasteiger partial charge in [0.1, 0.15) is 5.82 Å². The first-order valence-electron chi connectivity index (χ1n) is 4.60. The van der Waals surface area contributed by atoms with E-state index in [9.17, 15) is 0 Å². The van der Waals surface area contributed by atoms with Crippen LogP contribution in [0.5, 0.6) is 0 Å². The Hall–Kier alpha value is -1.00. The minimum absolute atomic E-state index is 0.272. The van der Waals surface area contributed by atoms with Gasteiger partial charge >= 0.3 is 0 Å². The molecule has 0 saturated carbocycles. The Labute approximate surface area is 77.8 Å². The van der Waals surface area contributed by atoms with Gasteiger partial charge in [0.05, 0.1) is 6.04 Å². The number of hydrogen-bond acceptors (Lipinski definition) is 4. The Morgan fingerprint density at radius 2 is 2.38 bits per heavy atom. The minimum Gasteiger partial charge on any atom is -0.313 e. The van der Waals surface area contributed by atoms with Gasteiger partial charge in [-0.05, 0) is 13.0 Å². The van der Waals surface area contributed by atoms with Crippen molar-refractivity contribution in [3.63, 3.8) is 0 Å². The molecule has 1 atom stereocenters. The first kappa shape index (κ1) is 8.59. The molecule has 0 spiro atoms. The maximum Gasteiger partial charge on any atom is 0.146 e. The summed E-state index contributed by atoms with van der Waals surface area (Å²) in [6.45, 7) is 4.93. The van der Waals surface area contributed by atoms with Crippen LogP contribution < -0.4 is 10.6 Å². The first-order valence-corrected chi connectivity index (χ1v) is 4.60. The molecule has 1 aromatic heterocycles. The van der Waals surface area contributed by atoms with E-state index < -0.39 is 0 Å². The van der Waals surface area contributed by atoms with E-state index in [0.717, 1.165) is 31.2 Å². The highest BCUT2D eigenvalue weighted by molar-refractivity contribution is 5.04. The average molecular weight is 178 g/mol. The van der Waals surface area contributed by atoms with Gasteiger partial charge in [-0.2, -0.15) is 0 Å². The maximum absolute atomic E-state index is 4.38. The van der Waals surface area contributed by atoms with Crippen LogP contribution in [0.4, 0.5) is 0 Å². The molecule has 1 aliphatic heterocycles. The van der Waals surface area contributed by atoms with Gasteiger partial charge in [-0.25, -0.2) is 9.97 Å². The molecule has 1 saturated heterocycles. The SMILES string of the molecule is Cc1ccnc(C2CNCCN2)n1. The standard InChI is InChI=1S/C9H14N4/c1-7-2-3-12-9(13-7)8-6-10-4-5-11-8/h2-3,8,10-11H,4-6H2,1H3. The third-order valence-electron chi connectivity index (χ3n) is 2.17. The second-order valence-corrected chi connectivity index (χ2v) is 3.27. The van der Waals surface area contributed by atoms with Crippen LogP contribution in [0, 0.1) is 6.92 Å². The summed E-state index contributed by atoms with van der Waals surface area (Å²) in [5.41, 5.74) is 1.03. The Balaban J connectivity index is 2.14. The molecular weight excluding hydrogens is 164 g/mol. The molecule has 0 aliphatic carbocycles. The smallest absolute Gasteiger partial charge is 0.146 e. The fourth-order valence-corrected chi connectivity index (χ4v) is 1.47. The Morgan fingerprint density at radius 3 is 3.08 bits per heavy atom. The fraction of sp³-hybridized carbons (Fsp3) is 0.556. The first-order chi connectivity index (χ1) is 6.36. The van der Waals surface area contributed by atoms with Gasteiger partial charge in [-0.3, -0.25) is 0 Å². The zero-order valence-electron chi connectivity index (χ0n) is 7.75. The number of rotatable bonds is 1. The predicted octanol–water partition coefficient (Wildman–Crippen LogP) is 0.0189. The van der Waals surface area contributed by atoms with Crippen LogP contribution in [-0.4, -0.2) is 29.6 Å². The highest BCUT2D eigenvalue weighted by Crippen LogP contribution is 2.07. The second-order valence-electron chi connectivity index (χ2n) is 3.27. The van der Waals surface area contributed by atoms with E-state index in [4.69, 9.17) is 0 Å². The van der Waals surface area contributed by atoms with Crippen molar-refractivity contribution in [2.45, 2.75) is 13.0 Å². The number of aryl methyl sites for hydroxylation is 1. The number of nitrogens with zero attached hydrogens (tertiary/aromatic N) is 2. The summed E-state index contributed by atoms with van der Waals surface area (Å²) in [7, 11) is 0. The zero-order valence-corrected chi connectivity index (χ0v) is 7.75. The molecule has 13 heavy (non-hydrogen) atoms. The van der Waals surface area contributed by atoms with Crippen molar-refractivity contribution >= 4 is 0 Å². The van der Waals surface area contributed by atoms with Crippen LogP contribution in [0.15, 0.2) is 12.3 Å². The largest absolute Gasteiger partial charge is 0.313 e. The van der Waals surface area contributed by atoms with Crippen LogP contribution >= 0.6 is 0 Å². The Morgan fingerprint density at radius 1 is 1.46 bits per heavy atom. The van der Waals surface area contributed by atoms with E-state index in [2.05, 4.69) is 20.6 Å². The predicted molar refractivity (Wildman–Crippen MR) is 50.4 cm³/mol. The Bertz CT molecular complexity index is 281. The normalized spacial score (nSPS) is 23.0. The van der Waals surface area contributed by atoms with Gasteiger partial charge in [0.25, 0.3) is 0 Å². The van der Waals surface area contributed by atoms with E-state index >= 15 is 0 Å². The summed E-state index contributed by atoms with van der Waals surface area (Å²) in [5, 5.41) is 6.69. The minimum atomic E-state index is 0.272. The van der Waals surface area contributed by atoms with Crippen molar-refractivity contribution < 1.29 is 0 Å². The van der Waals surface area contributed by atoms with Crippen molar-refractivity contribution in [3.8, 4) is 0 Å². The molecule has 4 nitrogen and oxygen atoms in total. The molecule has 0 amide bonds. The summed E-state index contributed by atoms with van der Waals surface area (Å²) in [5.74, 6) is 0.896. The highest BCUT2D eigenvalue weighted by Gasteiger charge is 2.16. The summed E-state index contributed by atoms with van der Waals surface area (Å²) < 4.78 is 0. The van der Waals surface area contributed by atoms with Crippen molar-refractivity contribution in [1.29, 1.82) is 0 Å². The van der Waals surface area contributed by atoms with Crippen LogP contribution in [0.25, 0.3) is 0 Å². The van der Waals surface area contributed by atoms with E-state index in [1.165, 1.54) is 0 Å². The van der Waals surface area contributed by atoms with Crippen LogP contribution in [-0.2, 0) is 0 Å². The van der Waals surface area contributed by atoms with Gasteiger partial charge < -0.3 is 10.6 Å². The fourth-order valence-electron chi connectivity index (χ4n) is 1.47. The lowest BCUT2D eigenvalue weighted by molar-refractivity contribution is 0.414. The van der Waals surface area contributed by atoms with Crippen molar-refractivity contribution in [2.24, 2.45) is 0 Å². The molecule has 2 heterocycles. The number of nitrogens with one attached hydrogen (secondary N) is 2. The molecule has 4 heteroatoms. The molecule has 0 radical (unpaired) electrons. The quantitative estimate of drug-likeness (QED) is 0.636. The lowest BCUT2D eigenvalue weighted by Gasteiger charge is -2.23. The molecular formula is C9H14N4. The number of hydrogen-bond donors (Lipinski definition) is 2. The topological polar surface area (TPSA) is 49.8 Å². The summed E-state index contributed by atoms with van der Waals surface area (Å²) >= 11 is 0. The lowest BCUT2D eigenvalue weighted by Crippen LogP contribution is -2.43. The molecule has 2 rings (SSSR count). The summed E-state index contributed by atoms with van der Waals surface area (Å²) in [6.07, 6.45) is 1.81. The van der Waals surface area contributed by atoms with E-state index in [1.807, 2.05) is 19.2 Å². The highest BCUT2D eigenvalue weighted by atomic mass is 15.1. The second kappa shape index (κ2) is 3.81. The molecule has 2 N–H and O–H groups in total. The average Bonchev–Trinajstić information content (AvgIpc) is 2.19. The molecule has 0 aromatic carbocycles. The Kier molecular flexibility index (Phi) is 2.52. The van der Waals surface area contributed by atoms with E-state index in [-0.39, 0.29) is 6.04 Å². The summed E-state index contributed by atoms with van der Waals surface area (Å²) in [6, 6.07) is 2.19. The molecule has 1 aromatic rings. The van der Waals surface area contributed by atoms with Crippen molar-refractivity contribution in [1.82, 2.24) is 20.6 Å². The van der Waals surface area contributed by atoms with Gasteiger partial charge in [0.15, 0.2) is 0 Å². The van der Waals surface area contributed by atoms with Crippen LogP contribution in [0.3, 0.4) is 0 Å². The molecule has 1 unspecified atom stereocenters. The summed E-state index contributed by atoms with van der Waals surface area (Å²) in [4.78, 5) is 8.63. The molecule has 70 valence electrons. The molecule has 1 aliphatic rings. The monoisotopic (exact) mass is 178 g/mol. The van der Waals surface area contributed by atoms with Crippen LogP contribution in [0.2, 0.25) is 0 Å². The third kappa shape index (κ3) is 2.02.